The van der Waals surface area contributed by atoms with Crippen LogP contribution in [-0.4, -0.2) is 46.5 Å². The van der Waals surface area contributed by atoms with Crippen LogP contribution in [0.1, 0.15) is 23.7 Å². The number of rotatable bonds is 8. The number of carbonyl (C=O) groups is 2. The van der Waals surface area contributed by atoms with E-state index in [1.54, 1.807) is 7.11 Å². The van der Waals surface area contributed by atoms with Crippen LogP contribution in [0.25, 0.3) is 11.4 Å². The Morgan fingerprint density at radius 3 is 2.61 bits per heavy atom. The van der Waals surface area contributed by atoms with Gasteiger partial charge in [-0.2, -0.15) is 0 Å². The second-order valence-electron chi connectivity index (χ2n) is 7.54. The third-order valence-corrected chi connectivity index (χ3v) is 6.52. The number of nitrogens with two attached hydrogens (primary N) is 1. The summed E-state index contributed by atoms with van der Waals surface area (Å²) in [6.45, 7) is 1.27. The molecule has 0 aliphatic carbocycles. The van der Waals surface area contributed by atoms with Crippen molar-refractivity contribution in [3.63, 3.8) is 0 Å². The minimum Gasteiger partial charge on any atom is -0.497 e. The van der Waals surface area contributed by atoms with Gasteiger partial charge in [0.25, 0.3) is 0 Å². The van der Waals surface area contributed by atoms with Gasteiger partial charge in [-0.15, -0.1) is 10.2 Å². The standard InChI is InChI=1S/C23H25N5O4S/c1-31-17-11-9-16(10-12-17)20-26-27-23(28(20)14-18-8-5-13-32-18)33-19(21(29)25-22(24)30)15-6-3-2-4-7-15/h2-4,6-7,9-12,18-19H,5,8,13-14H2,1H3,(H3,24,25,29,30)/t18-,19+/m0/s1. The number of nitrogens with zero attached hydrogens (tertiary/aromatic N) is 3. The SMILES string of the molecule is COc1ccc(-c2nnc(S[C@@H](C(=O)NC(N)=O)c3ccccc3)n2C[C@@H]2CCCO2)cc1. The molecule has 10 heteroatoms. The monoisotopic (exact) mass is 467 g/mol. The molecule has 33 heavy (non-hydrogen) atoms. The Kier molecular flexibility index (Phi) is 7.26. The van der Waals surface area contributed by atoms with Gasteiger partial charge in [0.1, 0.15) is 11.0 Å². The number of ether oxygens (including phenoxy) is 2. The summed E-state index contributed by atoms with van der Waals surface area (Å²) in [7, 11) is 1.62. The van der Waals surface area contributed by atoms with Crippen LogP contribution < -0.4 is 15.8 Å². The van der Waals surface area contributed by atoms with Crippen molar-refractivity contribution in [2.75, 3.05) is 13.7 Å². The fourth-order valence-corrected chi connectivity index (χ4v) is 4.73. The van der Waals surface area contributed by atoms with Crippen LogP contribution in [-0.2, 0) is 16.1 Å². The summed E-state index contributed by atoms with van der Waals surface area (Å²) in [6.07, 6.45) is 1.97. The molecule has 2 atom stereocenters. The molecule has 1 fully saturated rings. The maximum Gasteiger partial charge on any atom is 0.318 e. The third-order valence-electron chi connectivity index (χ3n) is 5.29. The topological polar surface area (TPSA) is 121 Å². The van der Waals surface area contributed by atoms with Crippen molar-refractivity contribution in [1.29, 1.82) is 0 Å². The Morgan fingerprint density at radius 1 is 1.21 bits per heavy atom. The van der Waals surface area contributed by atoms with Crippen LogP contribution in [0.5, 0.6) is 5.75 Å². The van der Waals surface area contributed by atoms with Gasteiger partial charge in [-0.25, -0.2) is 4.79 Å². The summed E-state index contributed by atoms with van der Waals surface area (Å²) in [5.41, 5.74) is 6.79. The first-order valence-corrected chi connectivity index (χ1v) is 11.4. The van der Waals surface area contributed by atoms with Crippen molar-refractivity contribution in [1.82, 2.24) is 20.1 Å². The smallest absolute Gasteiger partial charge is 0.318 e. The van der Waals surface area contributed by atoms with E-state index in [-0.39, 0.29) is 6.10 Å². The fraction of sp³-hybridized carbons (Fsp3) is 0.304. The number of benzene rings is 2. The number of imide groups is 1. The molecule has 3 aromatic rings. The molecule has 1 saturated heterocycles. The molecular formula is C23H25N5O4S. The van der Waals surface area contributed by atoms with E-state index < -0.39 is 17.2 Å². The van der Waals surface area contributed by atoms with Crippen molar-refractivity contribution < 1.29 is 19.1 Å². The van der Waals surface area contributed by atoms with Crippen LogP contribution in [0.15, 0.2) is 59.8 Å². The zero-order chi connectivity index (χ0) is 23.2. The molecule has 0 spiro atoms. The number of carbonyl (C=O) groups excluding carboxylic acids is 2. The van der Waals surface area contributed by atoms with Gasteiger partial charge in [0.15, 0.2) is 11.0 Å². The summed E-state index contributed by atoms with van der Waals surface area (Å²) < 4.78 is 13.1. The van der Waals surface area contributed by atoms with Gasteiger partial charge < -0.3 is 15.2 Å². The predicted octanol–water partition coefficient (Wildman–Crippen LogP) is 3.16. The Morgan fingerprint density at radius 2 is 1.97 bits per heavy atom. The molecule has 9 nitrogen and oxygen atoms in total. The summed E-state index contributed by atoms with van der Waals surface area (Å²) in [6, 6.07) is 15.8. The maximum absolute atomic E-state index is 12.8. The van der Waals surface area contributed by atoms with Crippen LogP contribution in [0, 0.1) is 0 Å². The van der Waals surface area contributed by atoms with Crippen LogP contribution in [0.4, 0.5) is 4.79 Å². The van der Waals surface area contributed by atoms with Crippen LogP contribution in [0.3, 0.4) is 0 Å². The average Bonchev–Trinajstić information content (AvgIpc) is 3.48. The van der Waals surface area contributed by atoms with Crippen molar-refractivity contribution in [2.45, 2.75) is 35.9 Å². The van der Waals surface area contributed by atoms with E-state index in [2.05, 4.69) is 15.5 Å². The number of aromatic nitrogens is 3. The molecule has 0 unspecified atom stereocenters. The lowest BCUT2D eigenvalue weighted by atomic mass is 10.1. The van der Waals surface area contributed by atoms with Gasteiger partial charge in [-0.3, -0.25) is 14.7 Å². The first kappa shape index (κ1) is 22.8. The van der Waals surface area contributed by atoms with E-state index in [9.17, 15) is 9.59 Å². The Labute approximate surface area is 195 Å². The molecule has 0 radical (unpaired) electrons. The van der Waals surface area contributed by atoms with Gasteiger partial charge in [0, 0.05) is 12.2 Å². The van der Waals surface area contributed by atoms with Gasteiger partial charge in [0.05, 0.1) is 19.8 Å². The van der Waals surface area contributed by atoms with E-state index in [1.807, 2.05) is 59.2 Å². The number of methoxy groups -OCH3 is 1. The Hall–Kier alpha value is -3.37. The minimum atomic E-state index is -0.902. The van der Waals surface area contributed by atoms with Crippen LogP contribution in [0.2, 0.25) is 0 Å². The highest BCUT2D eigenvalue weighted by molar-refractivity contribution is 8.00. The quantitative estimate of drug-likeness (QED) is 0.488. The number of urea groups is 1. The maximum atomic E-state index is 12.8. The van der Waals surface area contributed by atoms with Gasteiger partial charge >= 0.3 is 6.03 Å². The molecule has 3 N–H and O–H groups in total. The highest BCUT2D eigenvalue weighted by atomic mass is 32.2. The van der Waals surface area contributed by atoms with Gasteiger partial charge in [-0.1, -0.05) is 42.1 Å². The molecule has 1 aromatic heterocycles. The van der Waals surface area contributed by atoms with Crippen LogP contribution >= 0.6 is 11.8 Å². The molecule has 3 amide bonds. The predicted molar refractivity (Wildman–Crippen MR) is 124 cm³/mol. The van der Waals surface area contributed by atoms with E-state index in [1.165, 1.54) is 11.8 Å². The normalized spacial score (nSPS) is 16.3. The zero-order valence-corrected chi connectivity index (χ0v) is 19.0. The third kappa shape index (κ3) is 5.52. The number of hydrogen-bond donors (Lipinski definition) is 2. The summed E-state index contributed by atoms with van der Waals surface area (Å²) in [4.78, 5) is 24.2. The van der Waals surface area contributed by atoms with Crippen molar-refractivity contribution in [3.8, 4) is 17.1 Å². The van der Waals surface area contributed by atoms with Crippen molar-refractivity contribution >= 4 is 23.7 Å². The molecule has 1 aliphatic heterocycles. The lowest BCUT2D eigenvalue weighted by Crippen LogP contribution is -2.37. The van der Waals surface area contributed by atoms with Crippen molar-refractivity contribution in [3.05, 3.63) is 60.2 Å². The first-order valence-electron chi connectivity index (χ1n) is 10.6. The summed E-state index contributed by atoms with van der Waals surface area (Å²) in [5, 5.41) is 10.8. The van der Waals surface area contributed by atoms with E-state index in [4.69, 9.17) is 15.2 Å². The molecule has 0 saturated carbocycles. The Balaban J connectivity index is 1.70. The number of primary amides is 1. The van der Waals surface area contributed by atoms with Crippen molar-refractivity contribution in [2.24, 2.45) is 5.73 Å². The van der Waals surface area contributed by atoms with E-state index >= 15 is 0 Å². The molecule has 0 bridgehead atoms. The average molecular weight is 468 g/mol. The lowest BCUT2D eigenvalue weighted by Gasteiger charge is -2.18. The number of thioether (sulfide) groups is 1. The minimum absolute atomic E-state index is 0.0342. The second kappa shape index (κ2) is 10.5. The molecule has 4 rings (SSSR count). The second-order valence-corrected chi connectivity index (χ2v) is 8.61. The summed E-state index contributed by atoms with van der Waals surface area (Å²) >= 11 is 1.21. The van der Waals surface area contributed by atoms with Gasteiger partial charge in [-0.05, 0) is 42.7 Å². The number of nitrogens with one attached hydrogen (secondary N) is 1. The highest BCUT2D eigenvalue weighted by Gasteiger charge is 2.28. The zero-order valence-electron chi connectivity index (χ0n) is 18.1. The Bertz CT molecular complexity index is 1100. The number of hydrogen-bond acceptors (Lipinski definition) is 7. The highest BCUT2D eigenvalue weighted by Crippen LogP contribution is 2.37. The van der Waals surface area contributed by atoms with E-state index in [0.29, 0.717) is 17.5 Å². The molecular weight excluding hydrogens is 442 g/mol. The molecule has 2 heterocycles. The molecule has 172 valence electrons. The van der Waals surface area contributed by atoms with Gasteiger partial charge in [0.2, 0.25) is 5.91 Å². The summed E-state index contributed by atoms with van der Waals surface area (Å²) in [5.74, 6) is 0.889. The largest absolute Gasteiger partial charge is 0.497 e. The first-order chi connectivity index (χ1) is 16.0. The van der Waals surface area contributed by atoms with E-state index in [0.717, 1.165) is 36.3 Å². The molecule has 2 aromatic carbocycles. The lowest BCUT2D eigenvalue weighted by molar-refractivity contribution is -0.119. The number of amides is 3. The fourth-order valence-electron chi connectivity index (χ4n) is 3.68. The molecule has 1 aliphatic rings.